The quantitative estimate of drug-likeness (QED) is 0.131. The second kappa shape index (κ2) is 17.5. The van der Waals surface area contributed by atoms with E-state index in [2.05, 4.69) is 5.32 Å². The molecule has 59 heavy (non-hydrogen) atoms. The molecular formula is C42H53NO16. The molecule has 17 nitrogen and oxygen atoms in total. The molecule has 3 heterocycles. The number of methoxy groups -OCH3 is 1. The number of hydrogen-bond acceptors (Lipinski definition) is 16. The molecule has 1 aromatic rings. The third kappa shape index (κ3) is 8.99. The zero-order valence-electron chi connectivity index (χ0n) is 34.8. The monoisotopic (exact) mass is 827 g/mol. The maximum absolute atomic E-state index is 14.0. The van der Waals surface area contributed by atoms with E-state index in [1.165, 1.54) is 73.6 Å². The molecule has 7 N–H and O–H groups in total. The van der Waals surface area contributed by atoms with Crippen molar-refractivity contribution in [1.29, 1.82) is 0 Å². The number of benzene rings is 1. The number of hydrogen-bond donors (Lipinski definition) is 7. The van der Waals surface area contributed by atoms with Crippen LogP contribution in [0.15, 0.2) is 52.5 Å². The van der Waals surface area contributed by atoms with Crippen LogP contribution in [0.1, 0.15) is 83.8 Å². The predicted molar refractivity (Wildman–Crippen MR) is 209 cm³/mol. The summed E-state index contributed by atoms with van der Waals surface area (Å²) in [6, 6.07) is 0. The van der Waals surface area contributed by atoms with Crippen LogP contribution in [0.4, 0.5) is 5.69 Å². The number of aromatic hydroxyl groups is 1. The Kier molecular flexibility index (Phi) is 13.7. The third-order valence-corrected chi connectivity index (χ3v) is 10.9. The minimum Gasteiger partial charge on any atom is -0.505 e. The normalized spacial score (nSPS) is 33.0. The Labute approximate surface area is 341 Å². The van der Waals surface area contributed by atoms with E-state index in [-0.39, 0.29) is 61.9 Å². The molecule has 0 spiro atoms. The number of amides is 1. The lowest BCUT2D eigenvalue weighted by molar-refractivity contribution is -0.183. The highest BCUT2D eigenvalue weighted by atomic mass is 16.7. The topological polar surface area (TPSA) is 265 Å². The van der Waals surface area contributed by atoms with Crippen molar-refractivity contribution in [3.05, 3.63) is 69.2 Å². The summed E-state index contributed by atoms with van der Waals surface area (Å²) in [6.07, 6.45) is -2.49. The van der Waals surface area contributed by atoms with Crippen molar-refractivity contribution < 1.29 is 78.3 Å². The van der Waals surface area contributed by atoms with E-state index in [1.54, 1.807) is 0 Å². The second-order valence-electron chi connectivity index (χ2n) is 15.6. The average Bonchev–Trinajstić information content (AvgIpc) is 3.16. The summed E-state index contributed by atoms with van der Waals surface area (Å²) in [5.41, 5.74) is -5.03. The van der Waals surface area contributed by atoms with E-state index in [4.69, 9.17) is 23.7 Å². The van der Waals surface area contributed by atoms with Crippen molar-refractivity contribution in [2.45, 2.75) is 105 Å². The summed E-state index contributed by atoms with van der Waals surface area (Å²) in [4.78, 5) is 66.1. The summed E-state index contributed by atoms with van der Waals surface area (Å²) in [5.74, 6) is -9.89. The predicted octanol–water partition coefficient (Wildman–Crippen LogP) is 2.79. The van der Waals surface area contributed by atoms with Crippen molar-refractivity contribution in [2.75, 3.05) is 19.2 Å². The molecule has 9 atom stereocenters. The largest absolute Gasteiger partial charge is 0.505 e. The summed E-state index contributed by atoms with van der Waals surface area (Å²) in [6.45, 7) is 12.5. The molecule has 0 unspecified atom stereocenters. The summed E-state index contributed by atoms with van der Waals surface area (Å²) >= 11 is 0. The van der Waals surface area contributed by atoms with Crippen LogP contribution < -0.4 is 10.1 Å². The van der Waals surface area contributed by atoms with Gasteiger partial charge in [-0.3, -0.25) is 24.0 Å². The number of phenols is 1. The van der Waals surface area contributed by atoms with Gasteiger partial charge in [-0.15, -0.1) is 0 Å². The molecule has 0 fully saturated rings. The molecule has 5 rings (SSSR count). The number of allylic oxidation sites excluding steroid dienone is 5. The minimum absolute atomic E-state index is 0.00133. The number of esters is 3. The summed E-state index contributed by atoms with van der Waals surface area (Å²) < 4.78 is 27.9. The fourth-order valence-corrected chi connectivity index (χ4v) is 7.66. The number of ether oxygens (including phenoxy) is 5. The van der Waals surface area contributed by atoms with Gasteiger partial charge in [0.25, 0.3) is 5.91 Å². The van der Waals surface area contributed by atoms with Crippen LogP contribution in [0.5, 0.6) is 11.5 Å². The highest BCUT2D eigenvalue weighted by molar-refractivity contribution is 6.21. The number of phenolic OH excluding ortho intramolecular Hbond substituents is 1. The number of nitrogens with one attached hydrogen (secondary N) is 1. The number of Topliss-reactive ketones (excluding diaryl/α,β-unsaturated/α-hetero) is 1. The van der Waals surface area contributed by atoms with E-state index in [0.29, 0.717) is 0 Å². The van der Waals surface area contributed by atoms with E-state index in [9.17, 15) is 54.6 Å². The standard InChI is InChI=1S/C42H53NO16/c1-17-13-12-14-41(9,53)37(49)21(5)31(47)28(40(52)55-11)36(59-24(8)45)22(6)38(50)42(10,54)15-18(2)33-27-25-26(30(46)20(4)34(27)57-16-56-33)32(48)29(43-39(17)51)19(3)35(25)58-23(7)44/h12-15,21-22,28,31,36-38,47-50,53-54H,16H2,1-11H3,(H,43,51)/b14-12+,17-13-,18-15-/t21-,22-,28+,31+,36+,37-,38+,41-,42+/m0/s1. The highest BCUT2D eigenvalue weighted by Gasteiger charge is 2.50. The second-order valence-corrected chi connectivity index (χ2v) is 15.6. The molecule has 0 radical (unpaired) electrons. The van der Waals surface area contributed by atoms with Gasteiger partial charge < -0.3 is 59.6 Å². The zero-order chi connectivity index (χ0) is 44.6. The Morgan fingerprint density at radius 2 is 1.46 bits per heavy atom. The lowest BCUT2D eigenvalue weighted by Gasteiger charge is -2.41. The smallest absolute Gasteiger partial charge is 0.315 e. The van der Waals surface area contributed by atoms with Crippen LogP contribution in [0, 0.1) is 24.7 Å². The lowest BCUT2D eigenvalue weighted by atomic mass is 9.74. The molecular weight excluding hydrogens is 774 g/mol. The molecule has 0 aromatic heterocycles. The summed E-state index contributed by atoms with van der Waals surface area (Å²) in [7, 11) is 1.01. The fraction of sp³-hybridized carbons (Fsp3) is 0.500. The Bertz CT molecular complexity index is 2090. The molecule has 4 bridgehead atoms. The van der Waals surface area contributed by atoms with Gasteiger partial charge in [0, 0.05) is 48.0 Å². The Morgan fingerprint density at radius 3 is 2.03 bits per heavy atom. The van der Waals surface area contributed by atoms with E-state index in [0.717, 1.165) is 27.0 Å². The van der Waals surface area contributed by atoms with Crippen molar-refractivity contribution in [3.63, 3.8) is 0 Å². The number of anilines is 1. The first kappa shape index (κ1) is 46.4. The number of carbonyl (C=O) groups excluding carboxylic acids is 5. The SMILES string of the molecule is COC(=O)[C@@H]1[C@H](O)[C@H](C)[C@H](O)[C@@](C)(O)/C=C/C=C(/C)C(=O)Nc2c(C)c(OC(C)=O)c3c(c2O)C(=O)C(C)=C2OCOC(=C23)/C(C)=C\[C@@](C)(O)[C@H](O)[C@@H](C)[C@H]1OC(C)=O. The van der Waals surface area contributed by atoms with Crippen LogP contribution in [-0.4, -0.2) is 110 Å². The van der Waals surface area contributed by atoms with Crippen LogP contribution in [0.3, 0.4) is 0 Å². The van der Waals surface area contributed by atoms with Gasteiger partial charge in [0.1, 0.15) is 40.5 Å². The molecule has 1 amide bonds. The Hall–Kier alpha value is -5.33. The molecule has 1 aromatic carbocycles. The highest BCUT2D eigenvalue weighted by Crippen LogP contribution is 2.53. The number of rotatable bonds is 3. The maximum atomic E-state index is 14.0. The lowest BCUT2D eigenvalue weighted by Crippen LogP contribution is -2.55. The van der Waals surface area contributed by atoms with Gasteiger partial charge in [0.2, 0.25) is 6.79 Å². The molecule has 0 saturated carbocycles. The van der Waals surface area contributed by atoms with E-state index in [1.807, 2.05) is 0 Å². The van der Waals surface area contributed by atoms with Crippen molar-refractivity contribution in [3.8, 4) is 11.5 Å². The van der Waals surface area contributed by atoms with E-state index < -0.39 is 95.5 Å². The molecule has 17 heteroatoms. The molecule has 4 aliphatic rings. The number of ketones is 1. The molecule has 1 aliphatic carbocycles. The Balaban J connectivity index is 2.12. The molecule has 0 saturated heterocycles. The van der Waals surface area contributed by atoms with Crippen LogP contribution in [0.25, 0.3) is 5.57 Å². The van der Waals surface area contributed by atoms with Crippen molar-refractivity contribution in [1.82, 2.24) is 0 Å². The average molecular weight is 828 g/mol. The van der Waals surface area contributed by atoms with Gasteiger partial charge in [0.15, 0.2) is 11.5 Å². The van der Waals surface area contributed by atoms with Crippen LogP contribution in [-0.2, 0) is 38.1 Å². The van der Waals surface area contributed by atoms with Gasteiger partial charge in [-0.2, -0.15) is 0 Å². The fourth-order valence-electron chi connectivity index (χ4n) is 7.66. The van der Waals surface area contributed by atoms with Crippen molar-refractivity contribution in [2.24, 2.45) is 17.8 Å². The van der Waals surface area contributed by atoms with Crippen LogP contribution >= 0.6 is 0 Å². The summed E-state index contributed by atoms with van der Waals surface area (Å²) in [5, 5.41) is 72.5. The number of fused-ring (bicyclic) bond motifs is 14. The zero-order valence-corrected chi connectivity index (χ0v) is 34.8. The van der Waals surface area contributed by atoms with Gasteiger partial charge in [-0.05, 0) is 53.2 Å². The van der Waals surface area contributed by atoms with Gasteiger partial charge >= 0.3 is 17.9 Å². The Morgan fingerprint density at radius 1 is 0.864 bits per heavy atom. The van der Waals surface area contributed by atoms with E-state index >= 15 is 0 Å². The first-order valence-corrected chi connectivity index (χ1v) is 18.8. The minimum atomic E-state index is -2.26. The first-order valence-electron chi connectivity index (χ1n) is 18.8. The van der Waals surface area contributed by atoms with Crippen LogP contribution in [0.2, 0.25) is 0 Å². The first-order chi connectivity index (χ1) is 27.3. The van der Waals surface area contributed by atoms with Crippen molar-refractivity contribution >= 4 is 40.9 Å². The van der Waals surface area contributed by atoms with Gasteiger partial charge in [-0.1, -0.05) is 32.1 Å². The third-order valence-electron chi connectivity index (χ3n) is 10.9. The number of aliphatic hydroxyl groups excluding tert-OH is 3. The maximum Gasteiger partial charge on any atom is 0.315 e. The number of aliphatic hydroxyl groups is 5. The van der Waals surface area contributed by atoms with Gasteiger partial charge in [-0.25, -0.2) is 0 Å². The van der Waals surface area contributed by atoms with Gasteiger partial charge in [0.05, 0.1) is 42.2 Å². The number of carbonyl (C=O) groups is 5. The molecule has 3 aliphatic heterocycles. The molecule has 322 valence electrons.